The monoisotopic (exact) mass is 503 g/mol. The summed E-state index contributed by atoms with van der Waals surface area (Å²) in [5, 5.41) is 10.3. The van der Waals surface area contributed by atoms with E-state index in [4.69, 9.17) is 4.98 Å². The quantitative estimate of drug-likeness (QED) is 0.386. The van der Waals surface area contributed by atoms with Gasteiger partial charge in [0.1, 0.15) is 0 Å². The minimum absolute atomic E-state index is 0.0785. The second-order valence-electron chi connectivity index (χ2n) is 9.74. The number of benzene rings is 1. The van der Waals surface area contributed by atoms with Crippen LogP contribution in [0, 0.1) is 18.3 Å². The molecule has 36 heavy (non-hydrogen) atoms. The Morgan fingerprint density at radius 3 is 2.67 bits per heavy atom. The summed E-state index contributed by atoms with van der Waals surface area (Å²) in [5.74, 6) is 0. The van der Waals surface area contributed by atoms with Gasteiger partial charge in [-0.1, -0.05) is 19.9 Å². The zero-order chi connectivity index (χ0) is 25.6. The number of hydrogen-bond acceptors (Lipinski definition) is 7. The van der Waals surface area contributed by atoms with Gasteiger partial charge in [0.05, 0.1) is 45.3 Å². The molecule has 0 spiro atoms. The first kappa shape index (κ1) is 24.5. The maximum atomic E-state index is 12.9. The van der Waals surface area contributed by atoms with Crippen LogP contribution in [0.25, 0.3) is 15.9 Å². The van der Waals surface area contributed by atoms with Crippen molar-refractivity contribution in [1.82, 2.24) is 24.1 Å². The Hall–Kier alpha value is -3.22. The van der Waals surface area contributed by atoms with Crippen LogP contribution in [0.15, 0.2) is 35.3 Å². The minimum atomic E-state index is -0.0785. The van der Waals surface area contributed by atoms with Crippen LogP contribution in [0.5, 0.6) is 0 Å². The smallest absolute Gasteiger partial charge is 0.267 e. The lowest BCUT2D eigenvalue weighted by Crippen LogP contribution is -2.59. The predicted molar refractivity (Wildman–Crippen MR) is 145 cm³/mol. The van der Waals surface area contributed by atoms with E-state index in [-0.39, 0.29) is 24.1 Å². The number of aromatic nitrogens is 4. The molecule has 0 radical (unpaired) electrons. The fourth-order valence-corrected chi connectivity index (χ4v) is 6.42. The van der Waals surface area contributed by atoms with Crippen molar-refractivity contribution in [3.8, 4) is 6.07 Å². The highest BCUT2D eigenvalue weighted by Gasteiger charge is 2.36. The van der Waals surface area contributed by atoms with Gasteiger partial charge in [-0.2, -0.15) is 5.26 Å². The van der Waals surface area contributed by atoms with Crippen LogP contribution in [0.1, 0.15) is 55.9 Å². The lowest BCUT2D eigenvalue weighted by Gasteiger charge is -2.49. The first-order valence-corrected chi connectivity index (χ1v) is 13.5. The number of fused-ring (bicyclic) bond motifs is 2. The van der Waals surface area contributed by atoms with E-state index >= 15 is 0 Å². The largest absolute Gasteiger partial charge is 0.362 e. The number of nitriles is 1. The molecule has 0 N–H and O–H groups in total. The van der Waals surface area contributed by atoms with E-state index < -0.39 is 0 Å². The van der Waals surface area contributed by atoms with Gasteiger partial charge in [0, 0.05) is 44.3 Å². The Kier molecular flexibility index (Phi) is 6.58. The van der Waals surface area contributed by atoms with Crippen molar-refractivity contribution >= 4 is 32.9 Å². The number of aryl methyl sites for hydroxylation is 2. The van der Waals surface area contributed by atoms with Crippen molar-refractivity contribution in [2.75, 3.05) is 18.0 Å². The molecule has 1 fully saturated rings. The van der Waals surface area contributed by atoms with E-state index in [2.05, 4.69) is 66.7 Å². The predicted octanol–water partition coefficient (Wildman–Crippen LogP) is 4.46. The van der Waals surface area contributed by atoms with Crippen LogP contribution in [0.4, 0.5) is 5.69 Å². The van der Waals surface area contributed by atoms with Gasteiger partial charge >= 0.3 is 0 Å². The first-order valence-electron chi connectivity index (χ1n) is 12.7. The maximum absolute atomic E-state index is 12.9. The highest BCUT2D eigenvalue weighted by Crippen LogP contribution is 2.34. The molecule has 0 amide bonds. The van der Waals surface area contributed by atoms with Gasteiger partial charge in [-0.3, -0.25) is 9.69 Å². The van der Waals surface area contributed by atoms with E-state index in [1.165, 1.54) is 10.3 Å². The van der Waals surface area contributed by atoms with Gasteiger partial charge in [-0.25, -0.2) is 19.2 Å². The SMILES string of the molecule is CC[C@H]1CN(C(C)c2ccc3nc(C)sc3c2)[C@H](CC)CN1c1cc(=O)n(C)n2cc(CC#N)nc12. The summed E-state index contributed by atoms with van der Waals surface area (Å²) in [6, 6.07) is 11.4. The molecule has 3 atom stereocenters. The summed E-state index contributed by atoms with van der Waals surface area (Å²) in [6.45, 7) is 10.5. The summed E-state index contributed by atoms with van der Waals surface area (Å²) >= 11 is 1.75. The van der Waals surface area contributed by atoms with E-state index in [0.717, 1.165) is 47.8 Å². The molecular weight excluding hydrogens is 470 g/mol. The van der Waals surface area contributed by atoms with Crippen LogP contribution in [-0.4, -0.2) is 49.2 Å². The fourth-order valence-electron chi connectivity index (χ4n) is 5.54. The summed E-state index contributed by atoms with van der Waals surface area (Å²) in [4.78, 5) is 27.3. The summed E-state index contributed by atoms with van der Waals surface area (Å²) in [7, 11) is 1.74. The van der Waals surface area contributed by atoms with Crippen LogP contribution < -0.4 is 10.5 Å². The molecule has 3 aromatic heterocycles. The van der Waals surface area contributed by atoms with Crippen LogP contribution >= 0.6 is 11.3 Å². The molecule has 1 unspecified atom stereocenters. The van der Waals surface area contributed by atoms with Gasteiger partial charge in [0.2, 0.25) is 0 Å². The van der Waals surface area contributed by atoms with Crippen molar-refractivity contribution in [2.24, 2.45) is 7.05 Å². The van der Waals surface area contributed by atoms with Crippen molar-refractivity contribution in [1.29, 1.82) is 5.26 Å². The standard InChI is InChI=1S/C27H33N7OS/c1-6-21-16-33(24-13-26(35)31(5)34-14-20(10-11-28)30-27(24)34)22(7-2)15-32(21)17(3)19-8-9-23-25(12-19)36-18(4)29-23/h8-9,12-14,17,21-22H,6-7,10,15-16H2,1-5H3/t17?,21-,22+/m1/s1. The Labute approximate surface area is 215 Å². The molecular formula is C27H33N7OS. The molecule has 1 saturated heterocycles. The molecule has 9 heteroatoms. The second kappa shape index (κ2) is 9.68. The summed E-state index contributed by atoms with van der Waals surface area (Å²) in [5.41, 5.74) is 4.59. The molecule has 0 aliphatic carbocycles. The molecule has 1 aromatic carbocycles. The van der Waals surface area contributed by atoms with Crippen LogP contribution in [-0.2, 0) is 13.5 Å². The molecule has 1 aliphatic rings. The molecule has 4 aromatic rings. The molecule has 8 nitrogen and oxygen atoms in total. The fraction of sp³-hybridized carbons (Fsp3) is 0.481. The third-order valence-corrected chi connectivity index (χ3v) is 8.55. The zero-order valence-corrected chi connectivity index (χ0v) is 22.4. The van der Waals surface area contributed by atoms with Gasteiger partial charge in [-0.15, -0.1) is 11.3 Å². The normalized spacial score (nSPS) is 19.7. The lowest BCUT2D eigenvalue weighted by molar-refractivity contribution is 0.101. The van der Waals surface area contributed by atoms with Crippen LogP contribution in [0.3, 0.4) is 0 Å². The third-order valence-electron chi connectivity index (χ3n) is 7.62. The van der Waals surface area contributed by atoms with Crippen molar-refractivity contribution in [3.05, 3.63) is 57.1 Å². The van der Waals surface area contributed by atoms with Gasteiger partial charge in [-0.05, 0) is 44.4 Å². The molecule has 1 aliphatic heterocycles. The average molecular weight is 504 g/mol. The van der Waals surface area contributed by atoms with Crippen molar-refractivity contribution in [2.45, 2.75) is 65.1 Å². The zero-order valence-electron chi connectivity index (χ0n) is 21.6. The number of hydrogen-bond donors (Lipinski definition) is 0. The Morgan fingerprint density at radius 2 is 1.94 bits per heavy atom. The third kappa shape index (κ3) is 4.18. The van der Waals surface area contributed by atoms with Crippen LogP contribution in [0.2, 0.25) is 0 Å². The number of rotatable bonds is 6. The Bertz CT molecular complexity index is 1510. The molecule has 5 rings (SSSR count). The number of anilines is 1. The Morgan fingerprint density at radius 1 is 1.17 bits per heavy atom. The molecule has 4 heterocycles. The topological polar surface area (TPSA) is 82.5 Å². The second-order valence-corrected chi connectivity index (χ2v) is 11.0. The van der Waals surface area contributed by atoms with E-state index in [1.54, 1.807) is 39.8 Å². The Balaban J connectivity index is 1.50. The summed E-state index contributed by atoms with van der Waals surface area (Å²) < 4.78 is 4.59. The summed E-state index contributed by atoms with van der Waals surface area (Å²) in [6.07, 6.45) is 3.99. The van der Waals surface area contributed by atoms with E-state index in [0.29, 0.717) is 11.7 Å². The van der Waals surface area contributed by atoms with Gasteiger partial charge < -0.3 is 4.90 Å². The highest BCUT2D eigenvalue weighted by molar-refractivity contribution is 7.18. The van der Waals surface area contributed by atoms with Crippen molar-refractivity contribution < 1.29 is 0 Å². The lowest BCUT2D eigenvalue weighted by atomic mass is 9.96. The minimum Gasteiger partial charge on any atom is -0.362 e. The molecule has 0 bridgehead atoms. The number of imidazole rings is 1. The molecule has 188 valence electrons. The van der Waals surface area contributed by atoms with E-state index in [1.807, 2.05) is 0 Å². The molecule has 0 saturated carbocycles. The van der Waals surface area contributed by atoms with E-state index in [9.17, 15) is 10.1 Å². The highest BCUT2D eigenvalue weighted by atomic mass is 32.1. The maximum Gasteiger partial charge on any atom is 0.267 e. The number of thiazole rings is 1. The number of piperazine rings is 1. The number of nitrogens with zero attached hydrogens (tertiary/aromatic N) is 7. The first-order chi connectivity index (χ1) is 17.3. The average Bonchev–Trinajstić information content (AvgIpc) is 3.47. The van der Waals surface area contributed by atoms with Crippen molar-refractivity contribution in [3.63, 3.8) is 0 Å². The van der Waals surface area contributed by atoms with Gasteiger partial charge in [0.15, 0.2) is 5.65 Å². The van der Waals surface area contributed by atoms with Gasteiger partial charge in [0.25, 0.3) is 5.56 Å².